The lowest BCUT2D eigenvalue weighted by Gasteiger charge is -2.22. The van der Waals surface area contributed by atoms with E-state index in [0.717, 1.165) is 30.0 Å². The van der Waals surface area contributed by atoms with Crippen LogP contribution in [0.1, 0.15) is 33.7 Å². The summed E-state index contributed by atoms with van der Waals surface area (Å²) in [6, 6.07) is 10.3. The van der Waals surface area contributed by atoms with Gasteiger partial charge in [0.2, 0.25) is 0 Å². The molecule has 2 aromatic rings. The first-order valence-electron chi connectivity index (χ1n) is 8.67. The molecule has 1 aliphatic heterocycles. The van der Waals surface area contributed by atoms with Crippen LogP contribution >= 0.6 is 11.8 Å². The van der Waals surface area contributed by atoms with Crippen LogP contribution in [0.15, 0.2) is 30.3 Å². The van der Waals surface area contributed by atoms with E-state index in [-0.39, 0.29) is 18.2 Å². The predicted octanol–water partition coefficient (Wildman–Crippen LogP) is -1.24. The molecule has 0 unspecified atom stereocenters. The highest BCUT2D eigenvalue weighted by Crippen LogP contribution is 2.16. The third-order valence-electron chi connectivity index (χ3n) is 4.74. The van der Waals surface area contributed by atoms with Crippen LogP contribution in [0.3, 0.4) is 0 Å². The fourth-order valence-electron chi connectivity index (χ4n) is 3.34. The van der Waals surface area contributed by atoms with Crippen LogP contribution in [0.25, 0.3) is 0 Å². The van der Waals surface area contributed by atoms with Crippen LogP contribution in [0.4, 0.5) is 0 Å². The third kappa shape index (κ3) is 5.09. The minimum atomic E-state index is 0. The summed E-state index contributed by atoms with van der Waals surface area (Å²) in [6.45, 7) is 8.00. The summed E-state index contributed by atoms with van der Waals surface area (Å²) in [5, 5.41) is 4.61. The van der Waals surface area contributed by atoms with Gasteiger partial charge < -0.3 is 17.3 Å². The normalized spacial score (nSPS) is 15.0. The molecule has 3 rings (SSSR count). The summed E-state index contributed by atoms with van der Waals surface area (Å²) in [7, 11) is 0. The number of halogens is 1. The molecule has 0 amide bonds. The number of rotatable bonds is 6. The second-order valence-corrected chi connectivity index (χ2v) is 7.70. The van der Waals surface area contributed by atoms with Crippen molar-refractivity contribution in [3.63, 3.8) is 0 Å². The first-order valence-corrected chi connectivity index (χ1v) is 9.83. The molecular formula is C19H26ClN3OS. The van der Waals surface area contributed by atoms with E-state index >= 15 is 0 Å². The number of nitrogens with one attached hydrogen (secondary N) is 1. The molecule has 0 atom stereocenters. The number of quaternary nitrogens is 1. The Morgan fingerprint density at radius 3 is 2.56 bits per heavy atom. The van der Waals surface area contributed by atoms with E-state index in [2.05, 4.69) is 17.2 Å². The molecule has 0 saturated carbocycles. The largest absolute Gasteiger partial charge is 1.00 e. The van der Waals surface area contributed by atoms with E-state index in [1.165, 1.54) is 30.2 Å². The van der Waals surface area contributed by atoms with Crippen LogP contribution in [-0.4, -0.2) is 46.7 Å². The van der Waals surface area contributed by atoms with E-state index in [1.54, 1.807) is 4.90 Å². The average molecular weight is 380 g/mol. The highest BCUT2D eigenvalue weighted by atomic mass is 35.5. The molecule has 1 saturated heterocycles. The van der Waals surface area contributed by atoms with Crippen molar-refractivity contribution in [2.75, 3.05) is 31.1 Å². The van der Waals surface area contributed by atoms with Crippen molar-refractivity contribution in [3.05, 3.63) is 52.8 Å². The Balaban J connectivity index is 0.00000225. The first-order chi connectivity index (χ1) is 11.6. The minimum Gasteiger partial charge on any atom is -1.00 e. The fourth-order valence-corrected chi connectivity index (χ4v) is 4.41. The van der Waals surface area contributed by atoms with Gasteiger partial charge in [-0.15, -0.1) is 0 Å². The quantitative estimate of drug-likeness (QED) is 0.638. The maximum Gasteiger partial charge on any atom is 0.172 e. The second kappa shape index (κ2) is 9.41. The molecule has 0 bridgehead atoms. The van der Waals surface area contributed by atoms with Crippen LogP contribution in [0.5, 0.6) is 0 Å². The third-order valence-corrected chi connectivity index (χ3v) is 5.73. The van der Waals surface area contributed by atoms with Gasteiger partial charge in [-0.2, -0.15) is 16.9 Å². The van der Waals surface area contributed by atoms with E-state index in [4.69, 9.17) is 0 Å². The van der Waals surface area contributed by atoms with Gasteiger partial charge in [0.05, 0.1) is 43.9 Å². The van der Waals surface area contributed by atoms with Crippen LogP contribution in [0, 0.1) is 13.8 Å². The maximum atomic E-state index is 12.7. The SMILES string of the molecule is Cc1nn(Cc2ccccc2)c(C)c1C(=O)CC[NH+]1CCSCC1.[Cl-]. The predicted molar refractivity (Wildman–Crippen MR) is 99.1 cm³/mol. The van der Waals surface area contributed by atoms with Crippen molar-refractivity contribution < 1.29 is 22.1 Å². The summed E-state index contributed by atoms with van der Waals surface area (Å²) < 4.78 is 1.96. The number of nitrogens with zero attached hydrogens (tertiary/aromatic N) is 2. The monoisotopic (exact) mass is 379 g/mol. The molecule has 4 nitrogen and oxygen atoms in total. The highest BCUT2D eigenvalue weighted by molar-refractivity contribution is 7.99. The van der Waals surface area contributed by atoms with Crippen molar-refractivity contribution in [3.8, 4) is 0 Å². The average Bonchev–Trinajstić information content (AvgIpc) is 2.88. The van der Waals surface area contributed by atoms with Gasteiger partial charge in [-0.05, 0) is 19.4 Å². The molecule has 1 aliphatic rings. The molecule has 1 aromatic carbocycles. The van der Waals surface area contributed by atoms with Gasteiger partial charge in [0.1, 0.15) is 0 Å². The standard InChI is InChI=1S/C19H25N3OS.ClH/c1-15-19(18(23)8-9-21-10-12-24-13-11-21)16(2)22(20-15)14-17-6-4-3-5-7-17;/h3-7H,8-14H2,1-2H3;1H. The van der Waals surface area contributed by atoms with Gasteiger partial charge in [-0.3, -0.25) is 9.48 Å². The Morgan fingerprint density at radius 2 is 1.88 bits per heavy atom. The van der Waals surface area contributed by atoms with E-state index < -0.39 is 0 Å². The van der Waals surface area contributed by atoms with Crippen molar-refractivity contribution in [1.82, 2.24) is 9.78 Å². The van der Waals surface area contributed by atoms with Gasteiger partial charge in [0, 0.05) is 17.2 Å². The molecule has 25 heavy (non-hydrogen) atoms. The molecule has 0 radical (unpaired) electrons. The summed E-state index contributed by atoms with van der Waals surface area (Å²) in [4.78, 5) is 14.3. The number of hydrogen-bond donors (Lipinski definition) is 1. The van der Waals surface area contributed by atoms with E-state index in [0.29, 0.717) is 6.42 Å². The summed E-state index contributed by atoms with van der Waals surface area (Å²) in [5.41, 5.74) is 3.89. The number of hydrogen-bond acceptors (Lipinski definition) is 3. The van der Waals surface area contributed by atoms with Gasteiger partial charge in [0.25, 0.3) is 0 Å². The second-order valence-electron chi connectivity index (χ2n) is 6.47. The lowest BCUT2D eigenvalue weighted by molar-refractivity contribution is -0.895. The van der Waals surface area contributed by atoms with Gasteiger partial charge in [0.15, 0.2) is 5.78 Å². The molecule has 136 valence electrons. The number of carbonyl (C=O) groups is 1. The van der Waals surface area contributed by atoms with E-state index in [1.807, 2.05) is 48.5 Å². The van der Waals surface area contributed by atoms with Crippen molar-refractivity contribution in [2.45, 2.75) is 26.8 Å². The molecule has 1 aromatic heterocycles. The molecule has 2 heterocycles. The van der Waals surface area contributed by atoms with Crippen molar-refractivity contribution in [1.29, 1.82) is 0 Å². The Kier molecular flexibility index (Phi) is 7.54. The Labute approximate surface area is 160 Å². The molecule has 1 N–H and O–H groups in total. The molecular weight excluding hydrogens is 354 g/mol. The molecule has 0 aliphatic carbocycles. The summed E-state index contributed by atoms with van der Waals surface area (Å²) in [6.07, 6.45) is 0.624. The number of ketones is 1. The van der Waals surface area contributed by atoms with Crippen molar-refractivity contribution >= 4 is 17.5 Å². The fraction of sp³-hybridized carbons (Fsp3) is 0.474. The lowest BCUT2D eigenvalue weighted by atomic mass is 10.1. The van der Waals surface area contributed by atoms with Crippen LogP contribution in [-0.2, 0) is 6.54 Å². The lowest BCUT2D eigenvalue weighted by Crippen LogP contribution is -3.13. The number of Topliss-reactive ketones (excluding diaryl/α,β-unsaturated/α-hetero) is 1. The minimum absolute atomic E-state index is 0. The van der Waals surface area contributed by atoms with Gasteiger partial charge in [-0.1, -0.05) is 30.3 Å². The zero-order chi connectivity index (χ0) is 16.9. The number of benzene rings is 1. The summed E-state index contributed by atoms with van der Waals surface area (Å²) >= 11 is 2.02. The zero-order valence-corrected chi connectivity index (χ0v) is 16.5. The molecule has 6 heteroatoms. The first kappa shape index (κ1) is 20.0. The molecule has 0 spiro atoms. The number of aromatic nitrogens is 2. The van der Waals surface area contributed by atoms with Gasteiger partial charge >= 0.3 is 0 Å². The Bertz CT molecular complexity index is 696. The highest BCUT2D eigenvalue weighted by Gasteiger charge is 2.21. The Hall–Kier alpha value is -1.30. The number of thioether (sulfide) groups is 1. The Morgan fingerprint density at radius 1 is 1.20 bits per heavy atom. The number of carbonyl (C=O) groups excluding carboxylic acids is 1. The summed E-state index contributed by atoms with van der Waals surface area (Å²) in [5.74, 6) is 2.68. The zero-order valence-electron chi connectivity index (χ0n) is 14.9. The molecule has 1 fully saturated rings. The smallest absolute Gasteiger partial charge is 0.172 e. The van der Waals surface area contributed by atoms with Crippen molar-refractivity contribution in [2.24, 2.45) is 0 Å². The van der Waals surface area contributed by atoms with Crippen LogP contribution < -0.4 is 17.3 Å². The van der Waals surface area contributed by atoms with Crippen LogP contribution in [0.2, 0.25) is 0 Å². The van der Waals surface area contributed by atoms with E-state index in [9.17, 15) is 4.79 Å². The maximum absolute atomic E-state index is 12.7. The topological polar surface area (TPSA) is 39.3 Å². The van der Waals surface area contributed by atoms with Gasteiger partial charge in [-0.25, -0.2) is 0 Å². The number of aryl methyl sites for hydroxylation is 1.